The molecule has 26 heavy (non-hydrogen) atoms. The van der Waals surface area contributed by atoms with Crippen LogP contribution in [0.2, 0.25) is 5.02 Å². The summed E-state index contributed by atoms with van der Waals surface area (Å²) in [6.45, 7) is 4.31. The van der Waals surface area contributed by atoms with E-state index < -0.39 is 35.1 Å². The highest BCUT2D eigenvalue weighted by Gasteiger charge is 2.67. The topological polar surface area (TPSA) is 96.3 Å². The number of benzene rings is 1. The molecule has 0 spiro atoms. The zero-order valence-electron chi connectivity index (χ0n) is 14.4. The van der Waals surface area contributed by atoms with E-state index in [9.17, 15) is 19.2 Å². The van der Waals surface area contributed by atoms with Gasteiger partial charge in [0.2, 0.25) is 11.8 Å². The van der Waals surface area contributed by atoms with Gasteiger partial charge in [-0.3, -0.25) is 14.4 Å². The zero-order valence-corrected chi connectivity index (χ0v) is 15.1. The Labute approximate surface area is 154 Å². The quantitative estimate of drug-likeness (QED) is 0.585. The van der Waals surface area contributed by atoms with Gasteiger partial charge < -0.3 is 4.74 Å². The summed E-state index contributed by atoms with van der Waals surface area (Å²) >= 11 is 5.86. The molecule has 2 aliphatic rings. The molecule has 0 bridgehead atoms. The van der Waals surface area contributed by atoms with Gasteiger partial charge in [0.05, 0.1) is 12.3 Å². The Morgan fingerprint density at radius 2 is 1.88 bits per heavy atom. The minimum Gasteiger partial charge on any atom is -0.461 e. The van der Waals surface area contributed by atoms with Crippen molar-refractivity contribution in [3.63, 3.8) is 0 Å². The van der Waals surface area contributed by atoms with Gasteiger partial charge in [0, 0.05) is 11.9 Å². The summed E-state index contributed by atoms with van der Waals surface area (Å²) in [7, 11) is 0. The molecule has 0 radical (unpaired) electrons. The third-order valence-corrected chi connectivity index (χ3v) is 4.71. The lowest BCUT2D eigenvalue weighted by Gasteiger charge is -2.28. The van der Waals surface area contributed by atoms with Crippen LogP contribution in [0.4, 0.5) is 5.69 Å². The molecule has 9 heteroatoms. The number of imide groups is 1. The second-order valence-corrected chi connectivity index (χ2v) is 6.51. The number of anilines is 1. The maximum absolute atomic E-state index is 13.1. The highest BCUT2D eigenvalue weighted by Crippen LogP contribution is 2.43. The highest BCUT2D eigenvalue weighted by atomic mass is 35.5. The number of carbonyl (C=O) groups is 4. The first-order chi connectivity index (χ1) is 12.2. The standard InChI is InChI=1S/C17H16ClN3O5/c1-4-26-15(24)13-12-14(23)20(11-7-5-10(18)6-8-11)16(25)17(12,3)21(19-13)9(2)22/h5-8,12H,4H2,1-3H3. The predicted molar refractivity (Wildman–Crippen MR) is 92.4 cm³/mol. The summed E-state index contributed by atoms with van der Waals surface area (Å²) in [5.74, 6) is -3.90. The molecule has 3 amide bonds. The minimum absolute atomic E-state index is 0.0738. The van der Waals surface area contributed by atoms with E-state index in [-0.39, 0.29) is 12.3 Å². The molecule has 0 aromatic heterocycles. The molecule has 8 nitrogen and oxygen atoms in total. The Bertz CT molecular complexity index is 850. The van der Waals surface area contributed by atoms with Crippen molar-refractivity contribution >= 4 is 46.7 Å². The largest absolute Gasteiger partial charge is 0.461 e. The maximum atomic E-state index is 13.1. The maximum Gasteiger partial charge on any atom is 0.355 e. The van der Waals surface area contributed by atoms with E-state index in [4.69, 9.17) is 16.3 Å². The molecule has 2 aliphatic heterocycles. The smallest absolute Gasteiger partial charge is 0.355 e. The number of carbonyl (C=O) groups excluding carboxylic acids is 4. The van der Waals surface area contributed by atoms with Crippen molar-refractivity contribution in [1.82, 2.24) is 5.01 Å². The number of halogens is 1. The molecule has 2 heterocycles. The lowest BCUT2D eigenvalue weighted by molar-refractivity contribution is -0.142. The fraction of sp³-hybridized carbons (Fsp3) is 0.353. The average molecular weight is 378 g/mol. The number of hydrogen-bond donors (Lipinski definition) is 0. The van der Waals surface area contributed by atoms with E-state index in [0.717, 1.165) is 9.91 Å². The number of rotatable bonds is 3. The van der Waals surface area contributed by atoms with Crippen LogP contribution in [0, 0.1) is 5.92 Å². The van der Waals surface area contributed by atoms with Gasteiger partial charge in [-0.25, -0.2) is 14.7 Å². The van der Waals surface area contributed by atoms with Gasteiger partial charge in [0.1, 0.15) is 5.92 Å². The number of hydrogen-bond acceptors (Lipinski definition) is 6. The molecule has 1 fully saturated rings. The van der Waals surface area contributed by atoms with Gasteiger partial charge >= 0.3 is 5.97 Å². The number of nitrogens with zero attached hydrogens (tertiary/aromatic N) is 3. The number of fused-ring (bicyclic) bond motifs is 1. The van der Waals surface area contributed by atoms with E-state index in [1.807, 2.05) is 0 Å². The van der Waals surface area contributed by atoms with Gasteiger partial charge in [-0.05, 0) is 38.1 Å². The third-order valence-electron chi connectivity index (χ3n) is 4.45. The van der Waals surface area contributed by atoms with Crippen LogP contribution >= 0.6 is 11.6 Å². The summed E-state index contributed by atoms with van der Waals surface area (Å²) in [5.41, 5.74) is -1.57. The van der Waals surface area contributed by atoms with Gasteiger partial charge in [-0.1, -0.05) is 11.6 Å². The Morgan fingerprint density at radius 3 is 2.42 bits per heavy atom. The summed E-state index contributed by atoms with van der Waals surface area (Å²) < 4.78 is 4.94. The molecule has 1 aromatic carbocycles. The van der Waals surface area contributed by atoms with Gasteiger partial charge in [0.15, 0.2) is 11.3 Å². The van der Waals surface area contributed by atoms with Crippen LogP contribution in [-0.4, -0.2) is 46.6 Å². The van der Waals surface area contributed by atoms with Crippen LogP contribution in [-0.2, 0) is 23.9 Å². The van der Waals surface area contributed by atoms with E-state index in [1.54, 1.807) is 6.92 Å². The van der Waals surface area contributed by atoms with E-state index >= 15 is 0 Å². The van der Waals surface area contributed by atoms with Crippen molar-refractivity contribution in [2.45, 2.75) is 26.3 Å². The molecule has 136 valence electrons. The lowest BCUT2D eigenvalue weighted by Crippen LogP contribution is -2.52. The number of hydrazone groups is 1. The first-order valence-corrected chi connectivity index (χ1v) is 8.31. The van der Waals surface area contributed by atoms with Gasteiger partial charge in [-0.2, -0.15) is 5.10 Å². The van der Waals surface area contributed by atoms with Crippen LogP contribution in [0.3, 0.4) is 0 Å². The van der Waals surface area contributed by atoms with E-state index in [2.05, 4.69) is 5.10 Å². The van der Waals surface area contributed by atoms with Crippen LogP contribution in [0.5, 0.6) is 0 Å². The Kier molecular flexibility index (Phi) is 4.31. The van der Waals surface area contributed by atoms with E-state index in [1.165, 1.54) is 38.1 Å². The second kappa shape index (κ2) is 6.21. The third kappa shape index (κ3) is 2.40. The van der Waals surface area contributed by atoms with Crippen molar-refractivity contribution in [2.24, 2.45) is 11.0 Å². The first-order valence-electron chi connectivity index (χ1n) is 7.93. The van der Waals surface area contributed by atoms with Crippen molar-refractivity contribution in [3.8, 4) is 0 Å². The molecular formula is C17H16ClN3O5. The summed E-state index contributed by atoms with van der Waals surface area (Å²) in [6, 6.07) is 6.11. The van der Waals surface area contributed by atoms with Crippen molar-refractivity contribution in [3.05, 3.63) is 29.3 Å². The Hall–Kier alpha value is -2.74. The molecule has 2 atom stereocenters. The highest BCUT2D eigenvalue weighted by molar-refractivity contribution is 6.47. The normalized spacial score (nSPS) is 24.6. The Balaban J connectivity index is 2.11. The Morgan fingerprint density at radius 1 is 1.27 bits per heavy atom. The molecular weight excluding hydrogens is 362 g/mol. The van der Waals surface area contributed by atoms with Crippen LogP contribution in [0.25, 0.3) is 0 Å². The van der Waals surface area contributed by atoms with Crippen molar-refractivity contribution in [2.75, 3.05) is 11.5 Å². The van der Waals surface area contributed by atoms with Crippen LogP contribution in [0.1, 0.15) is 20.8 Å². The van der Waals surface area contributed by atoms with Crippen LogP contribution in [0.15, 0.2) is 29.4 Å². The van der Waals surface area contributed by atoms with Crippen LogP contribution < -0.4 is 4.90 Å². The first kappa shape index (κ1) is 18.1. The second-order valence-electron chi connectivity index (χ2n) is 6.07. The molecule has 1 aromatic rings. The van der Waals surface area contributed by atoms with Gasteiger partial charge in [-0.15, -0.1) is 0 Å². The minimum atomic E-state index is -1.62. The van der Waals surface area contributed by atoms with E-state index in [0.29, 0.717) is 10.7 Å². The summed E-state index contributed by atoms with van der Waals surface area (Å²) in [6.07, 6.45) is 0. The van der Waals surface area contributed by atoms with Gasteiger partial charge in [0.25, 0.3) is 5.91 Å². The van der Waals surface area contributed by atoms with Crippen molar-refractivity contribution in [1.29, 1.82) is 0 Å². The average Bonchev–Trinajstić information content (AvgIpc) is 3.00. The molecule has 0 saturated carbocycles. The summed E-state index contributed by atoms with van der Waals surface area (Å²) in [4.78, 5) is 51.3. The van der Waals surface area contributed by atoms with Crippen molar-refractivity contribution < 1.29 is 23.9 Å². The SMILES string of the molecule is CCOC(=O)C1=NN(C(C)=O)C2(C)C(=O)N(c3ccc(Cl)cc3)C(=O)C12. The zero-order chi connectivity index (χ0) is 19.2. The lowest BCUT2D eigenvalue weighted by atomic mass is 9.85. The molecule has 1 saturated heterocycles. The number of esters is 1. The fourth-order valence-electron chi connectivity index (χ4n) is 3.28. The predicted octanol–water partition coefficient (Wildman–Crippen LogP) is 1.37. The monoisotopic (exact) mass is 377 g/mol. The molecule has 0 aliphatic carbocycles. The number of ether oxygens (including phenoxy) is 1. The fourth-order valence-corrected chi connectivity index (χ4v) is 3.41. The molecule has 3 rings (SSSR count). The molecule has 0 N–H and O–H groups in total. The summed E-state index contributed by atoms with van der Waals surface area (Å²) in [5, 5.41) is 5.27. The molecule has 2 unspecified atom stereocenters. The number of amides is 3.